The maximum atomic E-state index is 12.7. The van der Waals surface area contributed by atoms with Gasteiger partial charge in [-0.05, 0) is 29.9 Å². The second-order valence-corrected chi connectivity index (χ2v) is 5.14. The molecule has 1 nitrogen and oxygen atoms in total. The summed E-state index contributed by atoms with van der Waals surface area (Å²) in [6, 6.07) is 6.17. The van der Waals surface area contributed by atoms with Gasteiger partial charge in [0, 0.05) is 5.25 Å². The van der Waals surface area contributed by atoms with Crippen molar-refractivity contribution in [3.8, 4) is 0 Å². The van der Waals surface area contributed by atoms with E-state index >= 15 is 0 Å². The molecule has 0 bridgehead atoms. The fraction of sp³-hybridized carbons (Fsp3) is 0.455. The van der Waals surface area contributed by atoms with E-state index < -0.39 is 5.60 Å². The molecule has 2 rings (SSSR count). The summed E-state index contributed by atoms with van der Waals surface area (Å²) in [5.41, 5.74) is 0.0645. The van der Waals surface area contributed by atoms with Gasteiger partial charge in [-0.3, -0.25) is 0 Å². The lowest BCUT2D eigenvalue weighted by Crippen LogP contribution is -2.31. The maximum Gasteiger partial charge on any atom is 0.123 e. The normalized spacial score (nSPS) is 32.1. The molecule has 2 atom stereocenters. The van der Waals surface area contributed by atoms with Crippen LogP contribution >= 0.6 is 11.8 Å². The van der Waals surface area contributed by atoms with Crippen molar-refractivity contribution < 1.29 is 9.50 Å². The Kier molecular flexibility index (Phi) is 2.54. The number of hydrogen-bond acceptors (Lipinski definition) is 2. The van der Waals surface area contributed by atoms with Gasteiger partial charge in [-0.25, -0.2) is 4.39 Å². The Morgan fingerprint density at radius 3 is 2.57 bits per heavy atom. The van der Waals surface area contributed by atoms with Crippen LogP contribution in [-0.4, -0.2) is 16.1 Å². The van der Waals surface area contributed by atoms with E-state index in [4.69, 9.17) is 0 Å². The predicted molar refractivity (Wildman–Crippen MR) is 56.8 cm³/mol. The zero-order chi connectivity index (χ0) is 10.2. The third-order valence-electron chi connectivity index (χ3n) is 2.87. The van der Waals surface area contributed by atoms with Crippen molar-refractivity contribution in [2.75, 3.05) is 5.75 Å². The highest BCUT2D eigenvalue weighted by molar-refractivity contribution is 8.00. The van der Waals surface area contributed by atoms with Crippen molar-refractivity contribution in [2.24, 2.45) is 0 Å². The lowest BCUT2D eigenvalue weighted by Gasteiger charge is -2.27. The quantitative estimate of drug-likeness (QED) is 0.772. The van der Waals surface area contributed by atoms with Gasteiger partial charge in [0.1, 0.15) is 11.4 Å². The van der Waals surface area contributed by atoms with Crippen molar-refractivity contribution in [1.29, 1.82) is 0 Å². The standard InChI is InChI=1S/C11H13FOS/c1-8-11(13,6-7-14-8)9-2-4-10(12)5-3-9/h2-5,8,13H,6-7H2,1H3/t8-,11+/m1/s1. The van der Waals surface area contributed by atoms with Gasteiger partial charge >= 0.3 is 0 Å². The van der Waals surface area contributed by atoms with Gasteiger partial charge in [-0.2, -0.15) is 11.8 Å². The van der Waals surface area contributed by atoms with Crippen LogP contribution in [0.25, 0.3) is 0 Å². The van der Waals surface area contributed by atoms with Gasteiger partial charge < -0.3 is 5.11 Å². The van der Waals surface area contributed by atoms with Gasteiger partial charge in [0.2, 0.25) is 0 Å². The van der Waals surface area contributed by atoms with Crippen LogP contribution in [0.5, 0.6) is 0 Å². The van der Waals surface area contributed by atoms with Gasteiger partial charge in [-0.15, -0.1) is 0 Å². The van der Waals surface area contributed by atoms with Gasteiger partial charge in [-0.1, -0.05) is 19.1 Å². The summed E-state index contributed by atoms with van der Waals surface area (Å²) in [5.74, 6) is 0.713. The molecule has 0 aromatic heterocycles. The smallest absolute Gasteiger partial charge is 0.123 e. The summed E-state index contributed by atoms with van der Waals surface area (Å²) in [7, 11) is 0. The zero-order valence-corrected chi connectivity index (χ0v) is 8.85. The third kappa shape index (κ3) is 1.55. The Morgan fingerprint density at radius 1 is 1.43 bits per heavy atom. The van der Waals surface area contributed by atoms with E-state index in [1.54, 1.807) is 23.9 Å². The summed E-state index contributed by atoms with van der Waals surface area (Å²) in [6.45, 7) is 2.01. The molecule has 1 aromatic carbocycles. The molecule has 1 fully saturated rings. The molecule has 1 aliphatic heterocycles. The Bertz CT molecular complexity index is 325. The zero-order valence-electron chi connectivity index (χ0n) is 8.03. The first kappa shape index (κ1) is 9.99. The molecule has 3 heteroatoms. The minimum absolute atomic E-state index is 0.188. The van der Waals surface area contributed by atoms with Crippen LogP contribution < -0.4 is 0 Å². The number of halogens is 1. The van der Waals surface area contributed by atoms with E-state index in [1.807, 2.05) is 6.92 Å². The fourth-order valence-corrected chi connectivity index (χ4v) is 3.16. The van der Waals surface area contributed by atoms with E-state index in [0.717, 1.165) is 17.7 Å². The molecule has 14 heavy (non-hydrogen) atoms. The number of aliphatic hydroxyl groups is 1. The molecular weight excluding hydrogens is 199 g/mol. The average Bonchev–Trinajstić information content (AvgIpc) is 2.49. The Labute approximate surface area is 87.3 Å². The van der Waals surface area contributed by atoms with Crippen LogP contribution in [0.4, 0.5) is 4.39 Å². The van der Waals surface area contributed by atoms with Gasteiger partial charge in [0.05, 0.1) is 0 Å². The van der Waals surface area contributed by atoms with Crippen molar-refractivity contribution in [1.82, 2.24) is 0 Å². The van der Waals surface area contributed by atoms with E-state index in [9.17, 15) is 9.50 Å². The predicted octanol–water partition coefficient (Wildman–Crippen LogP) is 2.54. The molecule has 1 aromatic rings. The second-order valence-electron chi connectivity index (χ2n) is 3.69. The molecular formula is C11H13FOS. The minimum Gasteiger partial charge on any atom is -0.384 e. The van der Waals surface area contributed by atoms with Gasteiger partial charge in [0.25, 0.3) is 0 Å². The number of thioether (sulfide) groups is 1. The van der Waals surface area contributed by atoms with Crippen LogP contribution in [0.1, 0.15) is 18.9 Å². The fourth-order valence-electron chi connectivity index (χ4n) is 1.85. The summed E-state index contributed by atoms with van der Waals surface area (Å²) in [5, 5.41) is 10.6. The molecule has 0 radical (unpaired) electrons. The van der Waals surface area contributed by atoms with Gasteiger partial charge in [0.15, 0.2) is 0 Å². The first-order chi connectivity index (χ1) is 6.63. The lowest BCUT2D eigenvalue weighted by molar-refractivity contribution is 0.0426. The Balaban J connectivity index is 2.34. The van der Waals surface area contributed by atoms with Crippen molar-refractivity contribution in [2.45, 2.75) is 24.2 Å². The van der Waals surface area contributed by atoms with E-state index in [1.165, 1.54) is 12.1 Å². The Hall–Kier alpha value is -0.540. The summed E-state index contributed by atoms with van der Waals surface area (Å²) in [6.07, 6.45) is 0.754. The highest BCUT2D eigenvalue weighted by Crippen LogP contribution is 2.42. The first-order valence-corrected chi connectivity index (χ1v) is 5.78. The van der Waals surface area contributed by atoms with Crippen molar-refractivity contribution >= 4 is 11.8 Å². The molecule has 0 amide bonds. The molecule has 1 saturated heterocycles. The average molecular weight is 212 g/mol. The van der Waals surface area contributed by atoms with Crippen LogP contribution in [-0.2, 0) is 5.60 Å². The van der Waals surface area contributed by atoms with Crippen LogP contribution in [0.2, 0.25) is 0 Å². The summed E-state index contributed by atoms with van der Waals surface area (Å²) >= 11 is 1.76. The monoisotopic (exact) mass is 212 g/mol. The summed E-state index contributed by atoms with van der Waals surface area (Å²) in [4.78, 5) is 0. The highest BCUT2D eigenvalue weighted by Gasteiger charge is 2.40. The molecule has 1 N–H and O–H groups in total. The molecule has 1 aliphatic rings. The SMILES string of the molecule is C[C@H]1SCC[C@@]1(O)c1ccc(F)cc1. The molecule has 0 saturated carbocycles. The molecule has 76 valence electrons. The molecule has 0 unspecified atom stereocenters. The van der Waals surface area contributed by atoms with Crippen LogP contribution in [0.15, 0.2) is 24.3 Å². The second kappa shape index (κ2) is 3.55. The number of rotatable bonds is 1. The highest BCUT2D eigenvalue weighted by atomic mass is 32.2. The minimum atomic E-state index is -0.766. The van der Waals surface area contributed by atoms with Crippen LogP contribution in [0.3, 0.4) is 0 Å². The maximum absolute atomic E-state index is 12.7. The topological polar surface area (TPSA) is 20.2 Å². The van der Waals surface area contributed by atoms with Crippen molar-refractivity contribution in [3.05, 3.63) is 35.6 Å². The third-order valence-corrected chi connectivity index (χ3v) is 4.20. The first-order valence-electron chi connectivity index (χ1n) is 4.73. The molecule has 0 aliphatic carbocycles. The lowest BCUT2D eigenvalue weighted by atomic mass is 9.89. The van der Waals surface area contributed by atoms with E-state index in [-0.39, 0.29) is 11.1 Å². The molecule has 1 heterocycles. The van der Waals surface area contributed by atoms with E-state index in [0.29, 0.717) is 0 Å². The Morgan fingerprint density at radius 2 is 2.07 bits per heavy atom. The van der Waals surface area contributed by atoms with E-state index in [2.05, 4.69) is 0 Å². The number of hydrogen-bond donors (Lipinski definition) is 1. The molecule has 0 spiro atoms. The summed E-state index contributed by atoms with van der Waals surface area (Å²) < 4.78 is 12.7. The van der Waals surface area contributed by atoms with Crippen molar-refractivity contribution in [3.63, 3.8) is 0 Å². The largest absolute Gasteiger partial charge is 0.384 e. The number of benzene rings is 1. The van der Waals surface area contributed by atoms with Crippen LogP contribution in [0, 0.1) is 5.82 Å².